The molecule has 7 nitrogen and oxygen atoms in total. The summed E-state index contributed by atoms with van der Waals surface area (Å²) in [5, 5.41) is 14.0. The van der Waals surface area contributed by atoms with Gasteiger partial charge in [-0.1, -0.05) is 45.0 Å². The van der Waals surface area contributed by atoms with E-state index in [-0.39, 0.29) is 11.1 Å². The number of fused-ring (bicyclic) bond motifs is 1. The van der Waals surface area contributed by atoms with E-state index in [0.717, 1.165) is 5.56 Å². The first-order valence-corrected chi connectivity index (χ1v) is 8.21. The van der Waals surface area contributed by atoms with Gasteiger partial charge in [-0.3, -0.25) is 5.32 Å². The van der Waals surface area contributed by atoms with E-state index in [1.54, 1.807) is 6.92 Å². The van der Waals surface area contributed by atoms with Crippen molar-refractivity contribution in [2.75, 3.05) is 0 Å². The highest BCUT2D eigenvalue weighted by Crippen LogP contribution is 2.22. The predicted molar refractivity (Wildman–Crippen MR) is 97.0 cm³/mol. The van der Waals surface area contributed by atoms with E-state index < -0.39 is 12.3 Å². The fourth-order valence-electron chi connectivity index (χ4n) is 2.68. The monoisotopic (exact) mass is 341 g/mol. The number of hydrogen-bond acceptors (Lipinski definition) is 6. The highest BCUT2D eigenvalue weighted by molar-refractivity contribution is 6.11. The lowest BCUT2D eigenvalue weighted by Gasteiger charge is -2.23. The van der Waals surface area contributed by atoms with Crippen LogP contribution in [0.4, 0.5) is 0 Å². The van der Waals surface area contributed by atoms with Gasteiger partial charge in [-0.2, -0.15) is 5.43 Å². The molecule has 1 unspecified atom stereocenters. The van der Waals surface area contributed by atoms with Crippen molar-refractivity contribution in [1.29, 1.82) is 0 Å². The minimum absolute atomic E-state index is 0.116. The number of aliphatic imine (C=N–C) groups is 2. The Hall–Kier alpha value is -2.51. The van der Waals surface area contributed by atoms with Crippen LogP contribution in [0.1, 0.15) is 38.8 Å². The average Bonchev–Trinajstić information content (AvgIpc) is 2.94. The van der Waals surface area contributed by atoms with Crippen molar-refractivity contribution in [2.24, 2.45) is 9.98 Å². The maximum atomic E-state index is 11.4. The molecule has 1 aromatic carbocycles. The molecule has 2 aliphatic rings. The molecule has 1 aromatic rings. The molecular formula is C18H23N5O2. The van der Waals surface area contributed by atoms with E-state index in [9.17, 15) is 9.90 Å². The van der Waals surface area contributed by atoms with Crippen LogP contribution in [0.3, 0.4) is 0 Å². The first kappa shape index (κ1) is 17.3. The summed E-state index contributed by atoms with van der Waals surface area (Å²) in [5.74, 6) is -0.661. The topological polar surface area (TPSA) is 89.3 Å². The Labute approximate surface area is 147 Å². The highest BCUT2D eigenvalue weighted by atomic mass is 16.4. The standard InChI is InChI=1S/C18H23N5O2/c1-11-9-14(15(24)25)23-17(20-11)21-16(22-23)19-10-12-5-7-13(8-6-12)18(2,3)4/h5-9,16,19,22H,10H2,1-4H3,(H,24,25). The molecule has 7 heteroatoms. The van der Waals surface area contributed by atoms with Crippen LogP contribution in [0.25, 0.3) is 0 Å². The second kappa shape index (κ2) is 6.42. The van der Waals surface area contributed by atoms with Crippen LogP contribution in [-0.4, -0.2) is 34.0 Å². The average molecular weight is 341 g/mol. The summed E-state index contributed by atoms with van der Waals surface area (Å²) in [6.45, 7) is 8.92. The number of carboxylic acid groups (broad SMARTS) is 1. The Morgan fingerprint density at radius 2 is 2.00 bits per heavy atom. The van der Waals surface area contributed by atoms with E-state index >= 15 is 0 Å². The van der Waals surface area contributed by atoms with Crippen molar-refractivity contribution in [3.05, 3.63) is 47.2 Å². The number of rotatable bonds is 4. The third-order valence-electron chi connectivity index (χ3n) is 4.10. The molecule has 0 saturated carbocycles. The highest BCUT2D eigenvalue weighted by Gasteiger charge is 2.32. The van der Waals surface area contributed by atoms with Crippen LogP contribution in [0.2, 0.25) is 0 Å². The number of benzene rings is 1. The van der Waals surface area contributed by atoms with Crippen LogP contribution in [0, 0.1) is 0 Å². The predicted octanol–water partition coefficient (Wildman–Crippen LogP) is 1.98. The number of hydrazine groups is 1. The van der Waals surface area contributed by atoms with Gasteiger partial charge in [0.15, 0.2) is 6.29 Å². The van der Waals surface area contributed by atoms with Gasteiger partial charge < -0.3 is 5.11 Å². The normalized spacial score (nSPS) is 19.9. The molecule has 0 saturated heterocycles. The lowest BCUT2D eigenvalue weighted by Crippen LogP contribution is -2.47. The molecule has 0 aromatic heterocycles. The number of carbonyl (C=O) groups is 1. The summed E-state index contributed by atoms with van der Waals surface area (Å²) in [6, 6.07) is 8.45. The van der Waals surface area contributed by atoms with Crippen molar-refractivity contribution in [3.63, 3.8) is 0 Å². The summed E-state index contributed by atoms with van der Waals surface area (Å²) >= 11 is 0. The zero-order valence-electron chi connectivity index (χ0n) is 14.9. The number of carboxylic acids is 1. The van der Waals surface area contributed by atoms with Crippen molar-refractivity contribution in [3.8, 4) is 0 Å². The molecule has 0 spiro atoms. The molecule has 3 rings (SSSR count). The minimum atomic E-state index is -1.02. The fourth-order valence-corrected chi connectivity index (χ4v) is 2.68. The molecule has 3 N–H and O–H groups in total. The second-order valence-electron chi connectivity index (χ2n) is 7.21. The number of hydrogen-bond donors (Lipinski definition) is 3. The van der Waals surface area contributed by atoms with Gasteiger partial charge in [0.2, 0.25) is 5.96 Å². The maximum absolute atomic E-state index is 11.4. The van der Waals surface area contributed by atoms with Crippen LogP contribution in [0.5, 0.6) is 0 Å². The van der Waals surface area contributed by atoms with Crippen molar-refractivity contribution < 1.29 is 9.90 Å². The Balaban J connectivity index is 1.64. The van der Waals surface area contributed by atoms with E-state index in [1.807, 2.05) is 0 Å². The van der Waals surface area contributed by atoms with Crippen LogP contribution in [0.15, 0.2) is 46.0 Å². The summed E-state index contributed by atoms with van der Waals surface area (Å²) in [6.07, 6.45) is 1.09. The number of allylic oxidation sites excluding steroid dienone is 1. The fraction of sp³-hybridized carbons (Fsp3) is 0.389. The zero-order valence-corrected chi connectivity index (χ0v) is 14.9. The molecule has 2 heterocycles. The Bertz CT molecular complexity index is 772. The van der Waals surface area contributed by atoms with Crippen LogP contribution in [-0.2, 0) is 16.8 Å². The van der Waals surface area contributed by atoms with Crippen LogP contribution < -0.4 is 10.7 Å². The van der Waals surface area contributed by atoms with Gasteiger partial charge in [0, 0.05) is 12.3 Å². The van der Waals surface area contributed by atoms with E-state index in [4.69, 9.17) is 0 Å². The second-order valence-corrected chi connectivity index (χ2v) is 7.21. The molecule has 2 aliphatic heterocycles. The van der Waals surface area contributed by atoms with Crippen molar-refractivity contribution >= 4 is 17.6 Å². The Morgan fingerprint density at radius 3 is 2.60 bits per heavy atom. The third-order valence-corrected chi connectivity index (χ3v) is 4.10. The summed E-state index contributed by atoms with van der Waals surface area (Å²) in [7, 11) is 0. The lowest BCUT2D eigenvalue weighted by molar-refractivity contribution is -0.134. The van der Waals surface area contributed by atoms with E-state index in [0.29, 0.717) is 18.2 Å². The largest absolute Gasteiger partial charge is 0.477 e. The zero-order chi connectivity index (χ0) is 18.2. The van der Waals surface area contributed by atoms with Crippen molar-refractivity contribution in [1.82, 2.24) is 15.8 Å². The molecule has 0 aliphatic carbocycles. The number of nitrogens with zero attached hydrogens (tertiary/aromatic N) is 3. The van der Waals surface area contributed by atoms with E-state index in [1.165, 1.54) is 16.6 Å². The first-order valence-electron chi connectivity index (χ1n) is 8.21. The number of aliphatic carboxylic acids is 1. The summed E-state index contributed by atoms with van der Waals surface area (Å²) in [4.78, 5) is 20.0. The summed E-state index contributed by atoms with van der Waals surface area (Å²) < 4.78 is 0. The number of guanidine groups is 1. The lowest BCUT2D eigenvalue weighted by atomic mass is 9.87. The van der Waals surface area contributed by atoms with Gasteiger partial charge in [-0.25, -0.2) is 19.8 Å². The van der Waals surface area contributed by atoms with Gasteiger partial charge in [0.1, 0.15) is 5.70 Å². The van der Waals surface area contributed by atoms with Gasteiger partial charge in [-0.05, 0) is 29.5 Å². The van der Waals surface area contributed by atoms with Crippen LogP contribution >= 0.6 is 0 Å². The SMILES string of the molecule is CC1=NC2=NC(NCc3ccc(C(C)(C)C)cc3)NN2C(C(=O)O)=C1. The molecule has 0 amide bonds. The van der Waals surface area contributed by atoms with Gasteiger partial charge in [0.25, 0.3) is 0 Å². The van der Waals surface area contributed by atoms with Gasteiger partial charge in [0.05, 0.1) is 0 Å². The Kier molecular flexibility index (Phi) is 4.45. The van der Waals surface area contributed by atoms with Crippen molar-refractivity contribution in [2.45, 2.75) is 45.9 Å². The molecule has 1 atom stereocenters. The molecule has 0 fully saturated rings. The molecule has 0 radical (unpaired) electrons. The molecule has 25 heavy (non-hydrogen) atoms. The smallest absolute Gasteiger partial charge is 0.354 e. The number of nitrogens with one attached hydrogen (secondary N) is 2. The minimum Gasteiger partial charge on any atom is -0.477 e. The van der Waals surface area contributed by atoms with Gasteiger partial charge in [-0.15, -0.1) is 0 Å². The quantitative estimate of drug-likeness (QED) is 0.779. The Morgan fingerprint density at radius 1 is 1.32 bits per heavy atom. The van der Waals surface area contributed by atoms with E-state index in [2.05, 4.69) is 65.8 Å². The molecule has 0 bridgehead atoms. The summed E-state index contributed by atoms with van der Waals surface area (Å²) in [5.41, 5.74) is 6.29. The third kappa shape index (κ3) is 3.78. The maximum Gasteiger partial charge on any atom is 0.354 e. The first-order chi connectivity index (χ1) is 11.7. The molecular weight excluding hydrogens is 318 g/mol. The van der Waals surface area contributed by atoms with Gasteiger partial charge >= 0.3 is 5.97 Å². The molecule has 132 valence electrons.